The zero-order valence-corrected chi connectivity index (χ0v) is 33.6. The van der Waals surface area contributed by atoms with E-state index in [0.29, 0.717) is 42.6 Å². The molecule has 0 bridgehead atoms. The van der Waals surface area contributed by atoms with Gasteiger partial charge in [0.1, 0.15) is 29.4 Å². The van der Waals surface area contributed by atoms with Crippen LogP contribution in [-0.2, 0) is 38.5 Å². The molecule has 6 heterocycles. The van der Waals surface area contributed by atoms with Crippen LogP contribution in [0.5, 0.6) is 0 Å². The summed E-state index contributed by atoms with van der Waals surface area (Å²) in [5.41, 5.74) is -2.04. The van der Waals surface area contributed by atoms with Gasteiger partial charge in [0, 0.05) is 25.5 Å². The lowest BCUT2D eigenvalue weighted by Crippen LogP contribution is -2.27. The molecule has 0 fully saturated rings. The lowest BCUT2D eigenvalue weighted by molar-refractivity contribution is -0.140. The first-order valence-corrected chi connectivity index (χ1v) is 19.2. The second-order valence-corrected chi connectivity index (χ2v) is 14.2. The normalized spacial score (nSPS) is 11.8. The zero-order valence-electron chi connectivity index (χ0n) is 33.6. The predicted octanol–water partition coefficient (Wildman–Crippen LogP) is 6.77. The molecule has 3 N–H and O–H groups in total. The number of H-pyrrole nitrogens is 2. The van der Waals surface area contributed by atoms with Gasteiger partial charge < -0.3 is 15.1 Å². The van der Waals surface area contributed by atoms with Crippen LogP contribution in [0, 0.1) is 23.0 Å². The summed E-state index contributed by atoms with van der Waals surface area (Å²) in [4.78, 5) is 59.1. The maximum Gasteiger partial charge on any atom is 0.419 e. The predicted molar refractivity (Wildman–Crippen MR) is 212 cm³/mol. The standard InChI is InChI=1S/C20H15F4N7O.C20H16F4N6O3/c1-2-5-31-15(7-25)27-18-16(19(31)32)28-17(29-18)12-8-26-30(10-12)9-11-3-4-13(14(21)6-11)20(22,23)24;1-2-5-30-17(19(32)33)28-16-14(18(30)31)26-15(27-16)11-7-25-29(9-11)8-10-3-4-12(13(21)6-10)20(22,23)24/h3-4,6,8,10H,2,5,9H2,1H3,(H,28,29);3-4,6-7,9H,2,5,8H2,1H3,(H,26,27)(H,32,33). The molecule has 336 valence electrons. The molecule has 0 saturated carbocycles. The number of aromatic nitrogens is 12. The minimum atomic E-state index is -4.78. The number of nitrogens with zero attached hydrogens (tertiary/aromatic N) is 11. The summed E-state index contributed by atoms with van der Waals surface area (Å²) < 4.78 is 109. The Bertz CT molecular complexity index is 3260. The van der Waals surface area contributed by atoms with E-state index in [-0.39, 0.29) is 70.6 Å². The van der Waals surface area contributed by atoms with Gasteiger partial charge in [0.15, 0.2) is 22.3 Å². The van der Waals surface area contributed by atoms with E-state index < -0.39 is 58.0 Å². The van der Waals surface area contributed by atoms with Crippen LogP contribution in [0.15, 0.2) is 70.8 Å². The first-order valence-electron chi connectivity index (χ1n) is 19.2. The van der Waals surface area contributed by atoms with Gasteiger partial charge in [0.2, 0.25) is 11.6 Å². The summed E-state index contributed by atoms with van der Waals surface area (Å²) in [6.07, 6.45) is -2.52. The van der Waals surface area contributed by atoms with Crippen molar-refractivity contribution in [2.24, 2.45) is 0 Å². The Hall–Kier alpha value is -8.04. The third-order valence-electron chi connectivity index (χ3n) is 9.59. The van der Waals surface area contributed by atoms with Crippen molar-refractivity contribution < 1.29 is 45.0 Å². The van der Waals surface area contributed by atoms with E-state index in [9.17, 15) is 59.9 Å². The highest BCUT2D eigenvalue weighted by Gasteiger charge is 2.35. The quantitative estimate of drug-likeness (QED) is 0.115. The van der Waals surface area contributed by atoms with Crippen molar-refractivity contribution in [3.63, 3.8) is 0 Å². The number of carboxylic acids is 1. The fourth-order valence-corrected chi connectivity index (χ4v) is 6.65. The summed E-state index contributed by atoms with van der Waals surface area (Å²) in [5.74, 6) is -4.08. The van der Waals surface area contributed by atoms with Crippen LogP contribution in [0.1, 0.15) is 65.4 Å². The lowest BCUT2D eigenvalue weighted by atomic mass is 10.1. The Morgan fingerprint density at radius 3 is 1.57 bits per heavy atom. The summed E-state index contributed by atoms with van der Waals surface area (Å²) in [6, 6.07) is 7.19. The Morgan fingerprint density at radius 1 is 0.708 bits per heavy atom. The molecule has 0 aliphatic carbocycles. The second kappa shape index (κ2) is 17.6. The Kier molecular flexibility index (Phi) is 12.2. The number of rotatable bonds is 11. The highest BCUT2D eigenvalue weighted by atomic mass is 19.4. The molecule has 0 aliphatic rings. The first-order chi connectivity index (χ1) is 30.8. The molecule has 17 nitrogen and oxygen atoms in total. The van der Waals surface area contributed by atoms with Crippen molar-refractivity contribution in [1.29, 1.82) is 5.26 Å². The number of benzene rings is 2. The number of nitriles is 1. The SMILES string of the molecule is CCCn1c(C#N)nc2nc(-c3cnn(Cc4ccc(C(F)(F)F)c(F)c4)c3)[nH]c2c1=O.CCCn1c(C(=O)O)nc2nc(-c3cnn(Cc4ccc(C(F)(F)F)c(F)c4)c3)[nH]c2c1=O. The van der Waals surface area contributed by atoms with Crippen molar-refractivity contribution in [2.45, 2.75) is 65.2 Å². The van der Waals surface area contributed by atoms with Gasteiger partial charge in [-0.2, -0.15) is 46.8 Å². The third kappa shape index (κ3) is 9.36. The smallest absolute Gasteiger partial charge is 0.419 e. The molecule has 25 heteroatoms. The Labute approximate surface area is 358 Å². The summed E-state index contributed by atoms with van der Waals surface area (Å²) in [6.45, 7) is 4.17. The van der Waals surface area contributed by atoms with Gasteiger partial charge in [0.05, 0.1) is 47.7 Å². The van der Waals surface area contributed by atoms with E-state index in [1.165, 1.54) is 38.6 Å². The number of hydrogen-bond donors (Lipinski definition) is 3. The highest BCUT2D eigenvalue weighted by molar-refractivity contribution is 5.86. The van der Waals surface area contributed by atoms with E-state index in [4.69, 9.17) is 0 Å². The number of imidazole rings is 2. The lowest BCUT2D eigenvalue weighted by Gasteiger charge is -2.09. The van der Waals surface area contributed by atoms with E-state index >= 15 is 0 Å². The summed E-state index contributed by atoms with van der Waals surface area (Å²) >= 11 is 0. The van der Waals surface area contributed by atoms with Crippen LogP contribution in [0.3, 0.4) is 0 Å². The zero-order chi connectivity index (χ0) is 47.0. The van der Waals surface area contributed by atoms with Gasteiger partial charge in [-0.05, 0) is 48.2 Å². The number of aromatic amines is 2. The number of halogens is 8. The number of carboxylic acid groups (broad SMARTS) is 1. The van der Waals surface area contributed by atoms with Crippen molar-refractivity contribution >= 4 is 28.3 Å². The average molecular weight is 910 g/mol. The molecular weight excluding hydrogens is 879 g/mol. The first kappa shape index (κ1) is 45.0. The molecule has 0 aliphatic heterocycles. The minimum absolute atomic E-state index is 0.0139. The topological polar surface area (TPSA) is 224 Å². The number of hydrogen-bond acceptors (Lipinski definition) is 10. The van der Waals surface area contributed by atoms with Crippen molar-refractivity contribution in [3.8, 4) is 28.8 Å². The van der Waals surface area contributed by atoms with Crippen LogP contribution in [-0.4, -0.2) is 69.7 Å². The van der Waals surface area contributed by atoms with E-state index in [2.05, 4.69) is 40.1 Å². The van der Waals surface area contributed by atoms with Gasteiger partial charge >= 0.3 is 18.3 Å². The molecule has 0 radical (unpaired) electrons. The summed E-state index contributed by atoms with van der Waals surface area (Å²) in [5, 5.41) is 26.8. The molecule has 0 saturated heterocycles. The Balaban J connectivity index is 0.000000194. The molecule has 8 rings (SSSR count). The van der Waals surface area contributed by atoms with Crippen molar-refractivity contribution in [2.75, 3.05) is 0 Å². The number of fused-ring (bicyclic) bond motifs is 2. The van der Waals surface area contributed by atoms with E-state index in [1.54, 1.807) is 13.1 Å². The molecular formula is C40H31F8N13O4. The minimum Gasteiger partial charge on any atom is -0.475 e. The van der Waals surface area contributed by atoms with Crippen LogP contribution >= 0.6 is 0 Å². The van der Waals surface area contributed by atoms with Gasteiger partial charge in [-0.25, -0.2) is 28.5 Å². The molecule has 0 spiro atoms. The maximum absolute atomic E-state index is 13.8. The summed E-state index contributed by atoms with van der Waals surface area (Å²) in [7, 11) is 0. The molecule has 0 unspecified atom stereocenters. The third-order valence-corrected chi connectivity index (χ3v) is 9.59. The van der Waals surface area contributed by atoms with Crippen LogP contribution in [0.2, 0.25) is 0 Å². The van der Waals surface area contributed by atoms with Crippen molar-refractivity contribution in [1.82, 2.24) is 58.6 Å². The molecule has 0 amide bonds. The van der Waals surface area contributed by atoms with Gasteiger partial charge in [0.25, 0.3) is 11.1 Å². The molecule has 0 atom stereocenters. The van der Waals surface area contributed by atoms with Gasteiger partial charge in [-0.15, -0.1) is 0 Å². The highest BCUT2D eigenvalue weighted by Crippen LogP contribution is 2.33. The van der Waals surface area contributed by atoms with E-state index in [0.717, 1.165) is 22.8 Å². The molecule has 6 aromatic heterocycles. The van der Waals surface area contributed by atoms with Crippen LogP contribution < -0.4 is 11.1 Å². The number of nitrogens with one attached hydrogen (secondary N) is 2. The monoisotopic (exact) mass is 909 g/mol. The van der Waals surface area contributed by atoms with Crippen LogP contribution in [0.4, 0.5) is 35.1 Å². The Morgan fingerprint density at radius 2 is 1.15 bits per heavy atom. The molecule has 8 aromatic rings. The largest absolute Gasteiger partial charge is 0.475 e. The maximum atomic E-state index is 13.8. The second-order valence-electron chi connectivity index (χ2n) is 14.2. The number of carbonyl (C=O) groups is 1. The molecule has 65 heavy (non-hydrogen) atoms. The fourth-order valence-electron chi connectivity index (χ4n) is 6.65. The average Bonchev–Trinajstić information content (AvgIpc) is 4.06. The van der Waals surface area contributed by atoms with Crippen LogP contribution in [0.25, 0.3) is 45.1 Å². The fraction of sp³-hybridized carbons (Fsp3) is 0.250. The number of aromatic carboxylic acids is 1. The van der Waals surface area contributed by atoms with Crippen molar-refractivity contribution in [3.05, 3.63) is 127 Å². The van der Waals surface area contributed by atoms with Gasteiger partial charge in [-0.3, -0.25) is 28.1 Å². The van der Waals surface area contributed by atoms with Gasteiger partial charge in [-0.1, -0.05) is 26.0 Å². The van der Waals surface area contributed by atoms with E-state index in [1.807, 2.05) is 13.0 Å². The number of alkyl halides is 6. The molecule has 2 aromatic carbocycles.